The SMILES string of the molecule is Cc1ccc(C)c(CC(NN)c2cc(F)c(Cl)cc2F)c1. The number of rotatable bonds is 4. The number of hydrogen-bond donors (Lipinski definition) is 2. The Labute approximate surface area is 127 Å². The van der Waals surface area contributed by atoms with Gasteiger partial charge in [0.25, 0.3) is 0 Å². The average molecular weight is 311 g/mol. The van der Waals surface area contributed by atoms with Gasteiger partial charge in [-0.05, 0) is 43.5 Å². The molecule has 0 amide bonds. The molecule has 2 rings (SSSR count). The first kappa shape index (κ1) is 15.9. The summed E-state index contributed by atoms with van der Waals surface area (Å²) in [6.07, 6.45) is 0.460. The lowest BCUT2D eigenvalue weighted by Gasteiger charge is -2.19. The van der Waals surface area contributed by atoms with E-state index in [4.69, 9.17) is 17.4 Å². The van der Waals surface area contributed by atoms with Crippen molar-refractivity contribution in [2.24, 2.45) is 5.84 Å². The molecule has 3 N–H and O–H groups in total. The number of nitrogens with one attached hydrogen (secondary N) is 1. The summed E-state index contributed by atoms with van der Waals surface area (Å²) >= 11 is 5.57. The van der Waals surface area contributed by atoms with E-state index >= 15 is 0 Å². The molecule has 0 fully saturated rings. The van der Waals surface area contributed by atoms with E-state index in [-0.39, 0.29) is 10.6 Å². The molecule has 21 heavy (non-hydrogen) atoms. The Morgan fingerprint density at radius 1 is 1.14 bits per heavy atom. The molecule has 0 aromatic heterocycles. The van der Waals surface area contributed by atoms with Crippen LogP contribution in [0.4, 0.5) is 8.78 Å². The van der Waals surface area contributed by atoms with Crippen molar-refractivity contribution in [3.8, 4) is 0 Å². The van der Waals surface area contributed by atoms with E-state index in [1.54, 1.807) is 0 Å². The van der Waals surface area contributed by atoms with Crippen LogP contribution in [0.3, 0.4) is 0 Å². The summed E-state index contributed by atoms with van der Waals surface area (Å²) in [7, 11) is 0. The van der Waals surface area contributed by atoms with Gasteiger partial charge in [0.15, 0.2) is 0 Å². The van der Waals surface area contributed by atoms with Gasteiger partial charge >= 0.3 is 0 Å². The van der Waals surface area contributed by atoms with Crippen LogP contribution >= 0.6 is 11.6 Å². The standard InChI is InChI=1S/C16H17ClF2N2/c1-9-3-4-10(2)11(5-9)6-16(21-20)12-7-15(19)13(17)8-14(12)18/h3-5,7-8,16,21H,6,20H2,1-2H3. The minimum absolute atomic E-state index is 0.167. The highest BCUT2D eigenvalue weighted by Gasteiger charge is 2.18. The van der Waals surface area contributed by atoms with Gasteiger partial charge in [-0.2, -0.15) is 0 Å². The number of hydrogen-bond acceptors (Lipinski definition) is 2. The van der Waals surface area contributed by atoms with Crippen LogP contribution in [0.1, 0.15) is 28.3 Å². The van der Waals surface area contributed by atoms with Crippen LogP contribution in [-0.2, 0) is 6.42 Å². The number of halogens is 3. The summed E-state index contributed by atoms with van der Waals surface area (Å²) in [6, 6.07) is 7.55. The van der Waals surface area contributed by atoms with E-state index in [1.807, 2.05) is 32.0 Å². The summed E-state index contributed by atoms with van der Waals surface area (Å²) in [5.74, 6) is 4.29. The third kappa shape index (κ3) is 3.59. The zero-order valence-corrected chi connectivity index (χ0v) is 12.6. The molecule has 0 saturated carbocycles. The Kier molecular flexibility index (Phi) is 4.93. The van der Waals surface area contributed by atoms with Crippen molar-refractivity contribution in [3.05, 3.63) is 69.2 Å². The van der Waals surface area contributed by atoms with E-state index in [1.165, 1.54) is 0 Å². The van der Waals surface area contributed by atoms with Crippen molar-refractivity contribution < 1.29 is 8.78 Å². The minimum atomic E-state index is -0.658. The molecule has 0 aliphatic carbocycles. The van der Waals surface area contributed by atoms with Crippen LogP contribution < -0.4 is 11.3 Å². The summed E-state index contributed by atoms with van der Waals surface area (Å²) in [4.78, 5) is 0. The Hall–Kier alpha value is -1.49. The van der Waals surface area contributed by atoms with Crippen molar-refractivity contribution in [2.75, 3.05) is 0 Å². The zero-order chi connectivity index (χ0) is 15.6. The topological polar surface area (TPSA) is 38.0 Å². The van der Waals surface area contributed by atoms with Crippen molar-refractivity contribution in [3.63, 3.8) is 0 Å². The van der Waals surface area contributed by atoms with Gasteiger partial charge in [-0.25, -0.2) is 8.78 Å². The molecule has 0 aliphatic rings. The summed E-state index contributed by atoms with van der Waals surface area (Å²) < 4.78 is 27.6. The fourth-order valence-electron chi connectivity index (χ4n) is 2.30. The molecule has 0 bridgehead atoms. The molecule has 1 unspecified atom stereocenters. The second kappa shape index (κ2) is 6.52. The maximum Gasteiger partial charge on any atom is 0.142 e. The molecule has 112 valence electrons. The van der Waals surface area contributed by atoms with E-state index < -0.39 is 17.7 Å². The monoisotopic (exact) mass is 310 g/mol. The lowest BCUT2D eigenvalue weighted by molar-refractivity contribution is 0.502. The molecule has 2 aromatic carbocycles. The van der Waals surface area contributed by atoms with Crippen LogP contribution in [0.2, 0.25) is 5.02 Å². The largest absolute Gasteiger partial charge is 0.271 e. The summed E-state index contributed by atoms with van der Waals surface area (Å²) in [6.45, 7) is 3.96. The zero-order valence-electron chi connectivity index (χ0n) is 11.9. The number of benzene rings is 2. The molecule has 0 saturated heterocycles. The van der Waals surface area contributed by atoms with Crippen molar-refractivity contribution >= 4 is 11.6 Å². The van der Waals surface area contributed by atoms with Gasteiger partial charge in [-0.15, -0.1) is 0 Å². The Morgan fingerprint density at radius 2 is 1.86 bits per heavy atom. The van der Waals surface area contributed by atoms with Gasteiger partial charge in [-0.3, -0.25) is 11.3 Å². The quantitative estimate of drug-likeness (QED) is 0.509. The van der Waals surface area contributed by atoms with Crippen molar-refractivity contribution in [1.82, 2.24) is 5.43 Å². The van der Waals surface area contributed by atoms with Crippen LogP contribution in [0.25, 0.3) is 0 Å². The molecule has 0 aliphatic heterocycles. The lowest BCUT2D eigenvalue weighted by atomic mass is 9.95. The van der Waals surface area contributed by atoms with E-state index in [2.05, 4.69) is 5.43 Å². The molecule has 0 radical (unpaired) electrons. The first-order chi connectivity index (χ1) is 9.92. The van der Waals surface area contributed by atoms with Gasteiger partial charge in [0.05, 0.1) is 11.1 Å². The summed E-state index contributed by atoms with van der Waals surface area (Å²) in [5, 5.41) is -0.237. The Morgan fingerprint density at radius 3 is 2.52 bits per heavy atom. The van der Waals surface area contributed by atoms with E-state index in [0.717, 1.165) is 28.8 Å². The fourth-order valence-corrected chi connectivity index (χ4v) is 2.45. The minimum Gasteiger partial charge on any atom is -0.271 e. The Balaban J connectivity index is 2.36. The predicted molar refractivity (Wildman–Crippen MR) is 81.1 cm³/mol. The highest BCUT2D eigenvalue weighted by molar-refractivity contribution is 6.30. The number of hydrazine groups is 1. The average Bonchev–Trinajstić information content (AvgIpc) is 2.44. The molecule has 5 heteroatoms. The van der Waals surface area contributed by atoms with E-state index in [9.17, 15) is 8.78 Å². The predicted octanol–water partition coefficient (Wildman–Crippen LogP) is 3.98. The molecule has 2 nitrogen and oxygen atoms in total. The first-order valence-corrected chi connectivity index (χ1v) is 6.97. The number of aryl methyl sites for hydroxylation is 2. The van der Waals surface area contributed by atoms with Gasteiger partial charge in [0.1, 0.15) is 11.6 Å². The van der Waals surface area contributed by atoms with Crippen LogP contribution in [-0.4, -0.2) is 0 Å². The van der Waals surface area contributed by atoms with Crippen LogP contribution in [0.5, 0.6) is 0 Å². The molecule has 1 atom stereocenters. The van der Waals surface area contributed by atoms with Gasteiger partial charge < -0.3 is 0 Å². The highest BCUT2D eigenvalue weighted by atomic mass is 35.5. The molecule has 0 heterocycles. The second-order valence-corrected chi connectivity index (χ2v) is 5.55. The van der Waals surface area contributed by atoms with Gasteiger partial charge in [0.2, 0.25) is 0 Å². The highest BCUT2D eigenvalue weighted by Crippen LogP contribution is 2.27. The van der Waals surface area contributed by atoms with Crippen molar-refractivity contribution in [1.29, 1.82) is 0 Å². The van der Waals surface area contributed by atoms with Gasteiger partial charge in [-0.1, -0.05) is 35.4 Å². The fraction of sp³-hybridized carbons (Fsp3) is 0.250. The molecular formula is C16H17ClF2N2. The maximum atomic E-state index is 14.0. The second-order valence-electron chi connectivity index (χ2n) is 5.14. The lowest BCUT2D eigenvalue weighted by Crippen LogP contribution is -2.30. The summed E-state index contributed by atoms with van der Waals surface area (Å²) in [5.41, 5.74) is 5.94. The molecule has 2 aromatic rings. The van der Waals surface area contributed by atoms with Crippen molar-refractivity contribution in [2.45, 2.75) is 26.3 Å². The van der Waals surface area contributed by atoms with Crippen LogP contribution in [0, 0.1) is 25.5 Å². The molecule has 0 spiro atoms. The van der Waals surface area contributed by atoms with Gasteiger partial charge in [0, 0.05) is 5.56 Å². The maximum absolute atomic E-state index is 14.0. The third-order valence-corrected chi connectivity index (χ3v) is 3.83. The molecular weight excluding hydrogens is 294 g/mol. The smallest absolute Gasteiger partial charge is 0.142 e. The number of nitrogens with two attached hydrogens (primary N) is 1. The van der Waals surface area contributed by atoms with E-state index in [0.29, 0.717) is 6.42 Å². The van der Waals surface area contributed by atoms with Crippen LogP contribution in [0.15, 0.2) is 30.3 Å². The third-order valence-electron chi connectivity index (χ3n) is 3.54. The Bertz CT molecular complexity index is 659. The first-order valence-electron chi connectivity index (χ1n) is 6.59. The normalized spacial score (nSPS) is 12.5.